The normalized spacial score (nSPS) is 12.0. The Kier molecular flexibility index (Phi) is 5.60. The summed E-state index contributed by atoms with van der Waals surface area (Å²) in [7, 11) is 0. The van der Waals surface area contributed by atoms with E-state index >= 15 is 0 Å². The van der Waals surface area contributed by atoms with Crippen LogP contribution >= 0.6 is 11.6 Å². The van der Waals surface area contributed by atoms with Crippen LogP contribution in [0.25, 0.3) is 0 Å². The maximum Gasteiger partial charge on any atom is 0.291 e. The third-order valence-electron chi connectivity index (χ3n) is 3.72. The number of rotatable bonds is 6. The van der Waals surface area contributed by atoms with Crippen LogP contribution in [0.4, 0.5) is 4.39 Å². The molecule has 1 aromatic heterocycles. The minimum Gasteiger partial charge on any atom is -0.386 e. The molecule has 0 bridgehead atoms. The van der Waals surface area contributed by atoms with Gasteiger partial charge in [-0.05, 0) is 35.4 Å². The van der Waals surface area contributed by atoms with Crippen molar-refractivity contribution in [1.82, 2.24) is 20.1 Å². The fourth-order valence-electron chi connectivity index (χ4n) is 2.32. The third kappa shape index (κ3) is 4.65. The predicted octanol–water partition coefficient (Wildman–Crippen LogP) is 2.73. The zero-order valence-corrected chi connectivity index (χ0v) is 14.4. The molecular weight excluding hydrogens is 359 g/mol. The van der Waals surface area contributed by atoms with E-state index in [1.54, 1.807) is 12.1 Å². The zero-order valence-electron chi connectivity index (χ0n) is 13.6. The van der Waals surface area contributed by atoms with Crippen molar-refractivity contribution in [3.63, 3.8) is 0 Å². The first-order chi connectivity index (χ1) is 12.5. The Hall–Kier alpha value is -2.77. The fraction of sp³-hybridized carbons (Fsp3) is 0.167. The summed E-state index contributed by atoms with van der Waals surface area (Å²) < 4.78 is 14.3. The molecule has 3 rings (SSSR count). The first kappa shape index (κ1) is 18.0. The minimum absolute atomic E-state index is 0.00488. The Morgan fingerprint density at radius 3 is 2.58 bits per heavy atom. The lowest BCUT2D eigenvalue weighted by molar-refractivity contribution is 0.0938. The number of aliphatic hydroxyl groups excluding tert-OH is 1. The van der Waals surface area contributed by atoms with Crippen LogP contribution in [0.15, 0.2) is 54.9 Å². The lowest BCUT2D eigenvalue weighted by atomic mass is 10.1. The topological polar surface area (TPSA) is 80.0 Å². The number of aromatic nitrogens is 3. The lowest BCUT2D eigenvalue weighted by Crippen LogP contribution is -2.24. The van der Waals surface area contributed by atoms with Gasteiger partial charge in [-0.15, -0.1) is 5.10 Å². The van der Waals surface area contributed by atoms with E-state index in [1.807, 2.05) is 12.1 Å². The largest absolute Gasteiger partial charge is 0.386 e. The van der Waals surface area contributed by atoms with E-state index in [9.17, 15) is 14.3 Å². The SMILES string of the molecule is O=C(NCc1ccc(Cl)cc1)c1ncn(C[C@H](O)c2ccc(F)cc2)n1. The standard InChI is InChI=1S/C18H16ClFN4O2/c19-14-5-1-12(2-6-14)9-21-18(26)17-22-11-24(23-17)10-16(25)13-3-7-15(20)8-4-13/h1-8,11,16,25H,9-10H2,(H,21,26)/t16-/m0/s1. The second-order valence-electron chi connectivity index (χ2n) is 5.67. The number of halogens is 2. The quantitative estimate of drug-likeness (QED) is 0.695. The molecule has 2 N–H and O–H groups in total. The van der Waals surface area contributed by atoms with Gasteiger partial charge >= 0.3 is 0 Å². The van der Waals surface area contributed by atoms with Gasteiger partial charge in [0.2, 0.25) is 5.82 Å². The summed E-state index contributed by atoms with van der Waals surface area (Å²) >= 11 is 5.82. The highest BCUT2D eigenvalue weighted by molar-refractivity contribution is 6.30. The maximum atomic E-state index is 12.9. The van der Waals surface area contributed by atoms with Crippen molar-refractivity contribution in [3.8, 4) is 0 Å². The molecule has 0 saturated heterocycles. The Morgan fingerprint density at radius 2 is 1.88 bits per heavy atom. The Morgan fingerprint density at radius 1 is 1.19 bits per heavy atom. The number of nitrogens with zero attached hydrogens (tertiary/aromatic N) is 3. The van der Waals surface area contributed by atoms with Crippen molar-refractivity contribution in [3.05, 3.63) is 82.6 Å². The van der Waals surface area contributed by atoms with Crippen molar-refractivity contribution in [2.24, 2.45) is 0 Å². The molecule has 2 aromatic carbocycles. The smallest absolute Gasteiger partial charge is 0.291 e. The van der Waals surface area contributed by atoms with Crippen LogP contribution in [0.5, 0.6) is 0 Å². The fourth-order valence-corrected chi connectivity index (χ4v) is 2.44. The second-order valence-corrected chi connectivity index (χ2v) is 6.10. The molecule has 0 saturated carbocycles. The van der Waals surface area contributed by atoms with Crippen LogP contribution in [-0.2, 0) is 13.1 Å². The summed E-state index contributed by atoms with van der Waals surface area (Å²) in [5.41, 5.74) is 1.45. The molecule has 0 aliphatic carbocycles. The molecule has 0 fully saturated rings. The Bertz CT molecular complexity index is 881. The predicted molar refractivity (Wildman–Crippen MR) is 94.0 cm³/mol. The van der Waals surface area contributed by atoms with E-state index in [0.717, 1.165) is 5.56 Å². The number of aliphatic hydroxyl groups is 1. The summed E-state index contributed by atoms with van der Waals surface area (Å²) in [6.45, 7) is 0.422. The average Bonchev–Trinajstić information content (AvgIpc) is 3.10. The van der Waals surface area contributed by atoms with E-state index < -0.39 is 12.0 Å². The van der Waals surface area contributed by atoms with Gasteiger partial charge in [0.1, 0.15) is 12.1 Å². The summed E-state index contributed by atoms with van der Waals surface area (Å²) in [5.74, 6) is -0.790. The van der Waals surface area contributed by atoms with Gasteiger partial charge in [-0.3, -0.25) is 4.79 Å². The number of nitrogens with one attached hydrogen (secondary N) is 1. The van der Waals surface area contributed by atoms with Crippen molar-refractivity contribution < 1.29 is 14.3 Å². The number of hydrogen-bond acceptors (Lipinski definition) is 4. The molecule has 0 aliphatic heterocycles. The monoisotopic (exact) mass is 374 g/mol. The summed E-state index contributed by atoms with van der Waals surface area (Å²) in [5, 5.41) is 17.6. The number of carbonyl (C=O) groups excluding carboxylic acids is 1. The third-order valence-corrected chi connectivity index (χ3v) is 3.97. The van der Waals surface area contributed by atoms with Crippen molar-refractivity contribution >= 4 is 17.5 Å². The maximum absolute atomic E-state index is 12.9. The van der Waals surface area contributed by atoms with Crippen molar-refractivity contribution in [2.75, 3.05) is 0 Å². The van der Waals surface area contributed by atoms with E-state index in [2.05, 4.69) is 15.4 Å². The second kappa shape index (κ2) is 8.07. The molecule has 1 amide bonds. The van der Waals surface area contributed by atoms with Crippen LogP contribution in [-0.4, -0.2) is 25.8 Å². The molecule has 6 nitrogen and oxygen atoms in total. The van der Waals surface area contributed by atoms with E-state index in [1.165, 1.54) is 35.3 Å². The molecule has 0 unspecified atom stereocenters. The van der Waals surface area contributed by atoms with E-state index in [-0.39, 0.29) is 18.2 Å². The Labute approximate surface area is 154 Å². The molecule has 26 heavy (non-hydrogen) atoms. The summed E-state index contributed by atoms with van der Waals surface area (Å²) in [6.07, 6.45) is 0.478. The van der Waals surface area contributed by atoms with Crippen LogP contribution in [0.1, 0.15) is 27.8 Å². The molecule has 3 aromatic rings. The van der Waals surface area contributed by atoms with Crippen LogP contribution in [0, 0.1) is 5.82 Å². The van der Waals surface area contributed by atoms with E-state index in [0.29, 0.717) is 17.1 Å². The zero-order chi connectivity index (χ0) is 18.5. The molecule has 8 heteroatoms. The van der Waals surface area contributed by atoms with Crippen LogP contribution < -0.4 is 5.32 Å². The molecule has 134 valence electrons. The number of carbonyl (C=O) groups is 1. The van der Waals surface area contributed by atoms with Crippen molar-refractivity contribution in [2.45, 2.75) is 19.2 Å². The molecule has 1 atom stereocenters. The van der Waals surface area contributed by atoms with Gasteiger partial charge in [-0.25, -0.2) is 14.1 Å². The highest BCUT2D eigenvalue weighted by Gasteiger charge is 2.14. The van der Waals surface area contributed by atoms with Gasteiger partial charge in [0.25, 0.3) is 5.91 Å². The average molecular weight is 375 g/mol. The minimum atomic E-state index is -0.887. The van der Waals surface area contributed by atoms with Crippen LogP contribution in [0.3, 0.4) is 0 Å². The van der Waals surface area contributed by atoms with Gasteiger partial charge in [0.05, 0.1) is 12.6 Å². The molecule has 0 radical (unpaired) electrons. The number of hydrogen-bond donors (Lipinski definition) is 2. The molecule has 0 spiro atoms. The van der Waals surface area contributed by atoms with Gasteiger partial charge in [0, 0.05) is 11.6 Å². The number of amides is 1. The number of benzene rings is 2. The Balaban J connectivity index is 1.57. The highest BCUT2D eigenvalue weighted by atomic mass is 35.5. The van der Waals surface area contributed by atoms with Crippen LogP contribution in [0.2, 0.25) is 5.02 Å². The van der Waals surface area contributed by atoms with E-state index in [4.69, 9.17) is 11.6 Å². The van der Waals surface area contributed by atoms with Gasteiger partial charge in [-0.1, -0.05) is 35.9 Å². The van der Waals surface area contributed by atoms with Gasteiger partial charge in [0.15, 0.2) is 0 Å². The molecule has 0 aliphatic rings. The molecular formula is C18H16ClFN4O2. The van der Waals surface area contributed by atoms with Gasteiger partial charge in [-0.2, -0.15) is 0 Å². The first-order valence-corrected chi connectivity index (χ1v) is 8.24. The molecule has 1 heterocycles. The first-order valence-electron chi connectivity index (χ1n) is 7.87. The van der Waals surface area contributed by atoms with Crippen molar-refractivity contribution in [1.29, 1.82) is 0 Å². The highest BCUT2D eigenvalue weighted by Crippen LogP contribution is 2.15. The summed E-state index contributed by atoms with van der Waals surface area (Å²) in [6, 6.07) is 12.7. The van der Waals surface area contributed by atoms with Gasteiger partial charge < -0.3 is 10.4 Å². The lowest BCUT2D eigenvalue weighted by Gasteiger charge is -2.10. The summed E-state index contributed by atoms with van der Waals surface area (Å²) in [4.78, 5) is 16.1.